The molecule has 1 amide bonds. The maximum atomic E-state index is 12.2. The maximum Gasteiger partial charge on any atom is 0.272 e. The zero-order chi connectivity index (χ0) is 18.5. The summed E-state index contributed by atoms with van der Waals surface area (Å²) < 4.78 is 6.04. The lowest BCUT2D eigenvalue weighted by Gasteiger charge is -2.29. The average molecular weight is 350 g/mol. The van der Waals surface area contributed by atoms with Crippen molar-refractivity contribution in [3.63, 3.8) is 0 Å². The van der Waals surface area contributed by atoms with Gasteiger partial charge in [-0.1, -0.05) is 0 Å². The van der Waals surface area contributed by atoms with Gasteiger partial charge in [-0.25, -0.2) is 0 Å². The summed E-state index contributed by atoms with van der Waals surface area (Å²) in [5.41, 5.74) is 2.73. The normalized spacial score (nSPS) is 19.4. The second-order valence-electron chi connectivity index (χ2n) is 6.71. The predicted molar refractivity (Wildman–Crippen MR) is 96.8 cm³/mol. The molecule has 0 saturated heterocycles. The van der Waals surface area contributed by atoms with E-state index >= 15 is 0 Å². The fourth-order valence-electron chi connectivity index (χ4n) is 3.13. The molecule has 1 heterocycles. The number of nitrogens with one attached hydrogen (secondary N) is 1. The minimum absolute atomic E-state index is 0.133. The average Bonchev–Trinajstić information content (AvgIpc) is 2.64. The van der Waals surface area contributed by atoms with Crippen LogP contribution < -0.4 is 10.1 Å². The molecule has 26 heavy (non-hydrogen) atoms. The monoisotopic (exact) mass is 350 g/mol. The summed E-state index contributed by atoms with van der Waals surface area (Å²) in [6.45, 7) is 3.75. The molecule has 0 spiro atoms. The highest BCUT2D eigenvalue weighted by molar-refractivity contribution is 5.92. The van der Waals surface area contributed by atoms with Gasteiger partial charge in [0.2, 0.25) is 0 Å². The zero-order valence-corrected chi connectivity index (χ0v) is 15.0. The molecule has 3 rings (SSSR count). The van der Waals surface area contributed by atoms with E-state index in [1.165, 1.54) is 0 Å². The lowest BCUT2D eigenvalue weighted by atomic mass is 9.92. The van der Waals surface area contributed by atoms with Crippen LogP contribution in [0.15, 0.2) is 30.3 Å². The van der Waals surface area contributed by atoms with E-state index in [0.29, 0.717) is 11.3 Å². The molecule has 2 aromatic rings. The van der Waals surface area contributed by atoms with Crippen molar-refractivity contribution < 1.29 is 9.53 Å². The number of hydrogen-bond donors (Lipinski definition) is 1. The fourth-order valence-corrected chi connectivity index (χ4v) is 3.13. The first-order valence-electron chi connectivity index (χ1n) is 8.84. The molecule has 1 aromatic carbocycles. The molecule has 0 aliphatic heterocycles. The van der Waals surface area contributed by atoms with Crippen LogP contribution in [-0.4, -0.2) is 28.3 Å². The van der Waals surface area contributed by atoms with Crippen LogP contribution in [-0.2, 0) is 0 Å². The van der Waals surface area contributed by atoms with E-state index in [1.54, 1.807) is 18.2 Å². The number of carbonyl (C=O) groups excluding carboxylic acids is 1. The van der Waals surface area contributed by atoms with Crippen LogP contribution in [0.3, 0.4) is 0 Å². The summed E-state index contributed by atoms with van der Waals surface area (Å²) in [6, 6.07) is 11.3. The number of benzene rings is 1. The number of carbonyl (C=O) groups is 1. The Morgan fingerprint density at radius 1 is 1.15 bits per heavy atom. The molecule has 6 nitrogen and oxygen atoms in total. The molecule has 0 bridgehead atoms. The summed E-state index contributed by atoms with van der Waals surface area (Å²) in [4.78, 5) is 12.2. The number of amides is 1. The van der Waals surface area contributed by atoms with Crippen LogP contribution in [0, 0.1) is 25.2 Å². The van der Waals surface area contributed by atoms with Gasteiger partial charge >= 0.3 is 0 Å². The topological polar surface area (TPSA) is 87.9 Å². The highest BCUT2D eigenvalue weighted by Gasteiger charge is 2.24. The fraction of sp³-hybridized carbons (Fsp3) is 0.400. The summed E-state index contributed by atoms with van der Waals surface area (Å²) in [5, 5.41) is 19.9. The van der Waals surface area contributed by atoms with Gasteiger partial charge in [0.05, 0.1) is 23.4 Å². The number of rotatable bonds is 4. The first-order valence-corrected chi connectivity index (χ1v) is 8.84. The number of nitrogens with zero attached hydrogens (tertiary/aromatic N) is 3. The van der Waals surface area contributed by atoms with E-state index < -0.39 is 0 Å². The van der Waals surface area contributed by atoms with E-state index in [1.807, 2.05) is 26.0 Å². The van der Waals surface area contributed by atoms with Gasteiger partial charge in [0, 0.05) is 6.04 Å². The van der Waals surface area contributed by atoms with Crippen molar-refractivity contribution in [3.05, 3.63) is 52.8 Å². The molecule has 1 saturated carbocycles. The first kappa shape index (κ1) is 17.9. The van der Waals surface area contributed by atoms with Crippen LogP contribution in [0.1, 0.15) is 53.0 Å². The summed E-state index contributed by atoms with van der Waals surface area (Å²) in [6.07, 6.45) is 3.62. The van der Waals surface area contributed by atoms with Gasteiger partial charge in [-0.15, -0.1) is 5.10 Å². The molecule has 1 aromatic heterocycles. The Balaban J connectivity index is 1.49. The second kappa shape index (κ2) is 7.96. The summed E-state index contributed by atoms with van der Waals surface area (Å²) >= 11 is 0. The Morgan fingerprint density at radius 2 is 1.92 bits per heavy atom. The van der Waals surface area contributed by atoms with Crippen molar-refractivity contribution in [2.45, 2.75) is 51.7 Å². The third-order valence-electron chi connectivity index (χ3n) is 4.66. The van der Waals surface area contributed by atoms with Gasteiger partial charge in [-0.3, -0.25) is 4.79 Å². The van der Waals surface area contributed by atoms with Crippen LogP contribution in [0.2, 0.25) is 0 Å². The highest BCUT2D eigenvalue weighted by atomic mass is 16.5. The molecule has 0 atom stereocenters. The Kier molecular flexibility index (Phi) is 5.47. The molecule has 1 N–H and O–H groups in total. The van der Waals surface area contributed by atoms with Crippen LogP contribution in [0.4, 0.5) is 0 Å². The minimum Gasteiger partial charge on any atom is -0.490 e. The van der Waals surface area contributed by atoms with E-state index in [2.05, 4.69) is 21.6 Å². The van der Waals surface area contributed by atoms with Gasteiger partial charge in [0.25, 0.3) is 5.91 Å². The smallest absolute Gasteiger partial charge is 0.272 e. The molecule has 1 aliphatic carbocycles. The predicted octanol–water partition coefficient (Wildman–Crippen LogP) is 3.09. The van der Waals surface area contributed by atoms with Gasteiger partial charge in [-0.05, 0) is 75.4 Å². The Bertz CT molecular complexity index is 819. The summed E-state index contributed by atoms with van der Waals surface area (Å²) in [5.74, 6) is 0.619. The highest BCUT2D eigenvalue weighted by Crippen LogP contribution is 2.25. The minimum atomic E-state index is -0.176. The van der Waals surface area contributed by atoms with Gasteiger partial charge in [0.1, 0.15) is 5.75 Å². The largest absolute Gasteiger partial charge is 0.490 e. The van der Waals surface area contributed by atoms with Crippen LogP contribution in [0.25, 0.3) is 0 Å². The Hall–Kier alpha value is -2.94. The molecular formula is C20H22N4O2. The number of nitriles is 1. The molecule has 0 radical (unpaired) electrons. The van der Waals surface area contributed by atoms with E-state index in [-0.39, 0.29) is 18.1 Å². The van der Waals surface area contributed by atoms with Gasteiger partial charge in [-0.2, -0.15) is 10.4 Å². The van der Waals surface area contributed by atoms with Crippen LogP contribution >= 0.6 is 0 Å². The van der Waals surface area contributed by atoms with Gasteiger partial charge < -0.3 is 10.1 Å². The first-order chi connectivity index (χ1) is 12.5. The molecular weight excluding hydrogens is 328 g/mol. The Morgan fingerprint density at radius 3 is 2.54 bits per heavy atom. The molecule has 6 heteroatoms. The second-order valence-corrected chi connectivity index (χ2v) is 6.71. The maximum absolute atomic E-state index is 12.2. The lowest BCUT2D eigenvalue weighted by Crippen LogP contribution is -2.40. The third kappa shape index (κ3) is 4.37. The van der Waals surface area contributed by atoms with Crippen molar-refractivity contribution in [1.29, 1.82) is 5.26 Å². The SMILES string of the molecule is Cc1ccc(C(=O)NC2CCC(Oc3ccc(C#N)c(C)c3)CC2)nn1. The van der Waals surface area contributed by atoms with Crippen molar-refractivity contribution in [2.24, 2.45) is 0 Å². The molecule has 1 aliphatic rings. The van der Waals surface area contributed by atoms with Crippen molar-refractivity contribution >= 4 is 5.91 Å². The zero-order valence-electron chi connectivity index (χ0n) is 15.0. The number of ether oxygens (including phenoxy) is 1. The quantitative estimate of drug-likeness (QED) is 0.915. The molecule has 1 fully saturated rings. The Labute approximate surface area is 153 Å². The van der Waals surface area contributed by atoms with E-state index in [0.717, 1.165) is 42.7 Å². The van der Waals surface area contributed by atoms with E-state index in [4.69, 9.17) is 10.00 Å². The lowest BCUT2D eigenvalue weighted by molar-refractivity contribution is 0.0888. The third-order valence-corrected chi connectivity index (χ3v) is 4.66. The molecule has 134 valence electrons. The number of aryl methyl sites for hydroxylation is 2. The van der Waals surface area contributed by atoms with Crippen molar-refractivity contribution in [1.82, 2.24) is 15.5 Å². The van der Waals surface area contributed by atoms with Crippen LogP contribution in [0.5, 0.6) is 5.75 Å². The number of hydrogen-bond acceptors (Lipinski definition) is 5. The van der Waals surface area contributed by atoms with E-state index in [9.17, 15) is 4.79 Å². The number of aromatic nitrogens is 2. The van der Waals surface area contributed by atoms with Crippen molar-refractivity contribution in [2.75, 3.05) is 0 Å². The van der Waals surface area contributed by atoms with Crippen molar-refractivity contribution in [3.8, 4) is 11.8 Å². The van der Waals surface area contributed by atoms with Gasteiger partial charge in [0.15, 0.2) is 5.69 Å². The standard InChI is InChI=1S/C20H22N4O2/c1-13-11-18(7-4-15(13)12-21)26-17-8-5-16(6-9-17)22-20(25)19-10-3-14(2)23-24-19/h3-4,7,10-11,16-17H,5-6,8-9H2,1-2H3,(H,22,25). The molecule has 0 unspecified atom stereocenters. The summed E-state index contributed by atoms with van der Waals surface area (Å²) in [7, 11) is 0.